The highest BCUT2D eigenvalue weighted by atomic mass is 16.5. The lowest BCUT2D eigenvalue weighted by atomic mass is 9.99. The van der Waals surface area contributed by atoms with E-state index in [1.54, 1.807) is 32.4 Å². The van der Waals surface area contributed by atoms with E-state index in [2.05, 4.69) is 5.32 Å². The number of amides is 1. The Morgan fingerprint density at radius 1 is 0.786 bits per heavy atom. The normalized spacial score (nSPS) is 10.4. The van der Waals surface area contributed by atoms with Gasteiger partial charge in [-0.1, -0.05) is 60.7 Å². The molecule has 0 bridgehead atoms. The van der Waals surface area contributed by atoms with E-state index in [1.807, 2.05) is 60.7 Å². The number of carbonyl (C=O) groups excluding carboxylic acids is 1. The third-order valence-electron chi connectivity index (χ3n) is 4.27. The molecular formula is C23H23NO4. The molecule has 1 N–H and O–H groups in total. The van der Waals surface area contributed by atoms with Crippen LogP contribution in [0.15, 0.2) is 78.9 Å². The summed E-state index contributed by atoms with van der Waals surface area (Å²) < 4.78 is 16.1. The standard InChI is InChI=1S/C23H23NO4/c1-26-19-13-20(27-2)15-21(14-19)28-16-22(25)24-23(17-9-5-3-6-10-17)18-11-7-4-8-12-18/h3-15,23H,16H2,1-2H3,(H,24,25). The summed E-state index contributed by atoms with van der Waals surface area (Å²) in [7, 11) is 3.13. The van der Waals surface area contributed by atoms with E-state index in [9.17, 15) is 4.79 Å². The molecule has 5 nitrogen and oxygen atoms in total. The van der Waals surface area contributed by atoms with Crippen molar-refractivity contribution in [3.05, 3.63) is 90.0 Å². The molecule has 0 unspecified atom stereocenters. The molecule has 0 saturated carbocycles. The Kier molecular flexibility index (Phi) is 6.52. The van der Waals surface area contributed by atoms with E-state index in [4.69, 9.17) is 14.2 Å². The first-order chi connectivity index (χ1) is 13.7. The maximum Gasteiger partial charge on any atom is 0.258 e. The fourth-order valence-electron chi connectivity index (χ4n) is 2.87. The fourth-order valence-corrected chi connectivity index (χ4v) is 2.87. The van der Waals surface area contributed by atoms with Crippen LogP contribution in [0.5, 0.6) is 17.2 Å². The van der Waals surface area contributed by atoms with Crippen molar-refractivity contribution in [1.82, 2.24) is 5.32 Å². The van der Waals surface area contributed by atoms with Gasteiger partial charge in [-0.15, -0.1) is 0 Å². The second kappa shape index (κ2) is 9.46. The Balaban J connectivity index is 1.71. The summed E-state index contributed by atoms with van der Waals surface area (Å²) >= 11 is 0. The maximum absolute atomic E-state index is 12.6. The summed E-state index contributed by atoms with van der Waals surface area (Å²) in [6, 6.07) is 24.6. The van der Waals surface area contributed by atoms with Crippen LogP contribution in [0.4, 0.5) is 0 Å². The van der Waals surface area contributed by atoms with E-state index in [-0.39, 0.29) is 18.6 Å². The van der Waals surface area contributed by atoms with Crippen molar-refractivity contribution in [3.8, 4) is 17.2 Å². The van der Waals surface area contributed by atoms with Crippen molar-refractivity contribution in [1.29, 1.82) is 0 Å². The molecule has 1 amide bonds. The number of hydrogen-bond acceptors (Lipinski definition) is 4. The van der Waals surface area contributed by atoms with Crippen LogP contribution in [0.25, 0.3) is 0 Å². The number of methoxy groups -OCH3 is 2. The van der Waals surface area contributed by atoms with Crippen LogP contribution in [-0.2, 0) is 4.79 Å². The molecule has 3 rings (SSSR count). The Bertz CT molecular complexity index is 835. The van der Waals surface area contributed by atoms with Gasteiger partial charge in [0.2, 0.25) is 0 Å². The van der Waals surface area contributed by atoms with Crippen LogP contribution in [-0.4, -0.2) is 26.7 Å². The minimum absolute atomic E-state index is 0.119. The van der Waals surface area contributed by atoms with Crippen molar-refractivity contribution in [2.45, 2.75) is 6.04 Å². The van der Waals surface area contributed by atoms with Gasteiger partial charge in [0.15, 0.2) is 6.61 Å². The number of hydrogen-bond donors (Lipinski definition) is 1. The van der Waals surface area contributed by atoms with Gasteiger partial charge in [0, 0.05) is 18.2 Å². The van der Waals surface area contributed by atoms with Crippen LogP contribution < -0.4 is 19.5 Å². The lowest BCUT2D eigenvalue weighted by Gasteiger charge is -2.20. The maximum atomic E-state index is 12.6. The Hall–Kier alpha value is -3.47. The predicted octanol–water partition coefficient (Wildman–Crippen LogP) is 3.99. The van der Waals surface area contributed by atoms with Gasteiger partial charge in [-0.25, -0.2) is 0 Å². The van der Waals surface area contributed by atoms with Crippen LogP contribution in [0.3, 0.4) is 0 Å². The average molecular weight is 377 g/mol. The first-order valence-electron chi connectivity index (χ1n) is 8.94. The van der Waals surface area contributed by atoms with Crippen LogP contribution >= 0.6 is 0 Å². The Morgan fingerprint density at radius 3 is 1.71 bits per heavy atom. The van der Waals surface area contributed by atoms with E-state index < -0.39 is 0 Å². The molecule has 28 heavy (non-hydrogen) atoms. The summed E-state index contributed by atoms with van der Waals surface area (Å²) in [4.78, 5) is 12.6. The van der Waals surface area contributed by atoms with Gasteiger partial charge in [0.05, 0.1) is 20.3 Å². The average Bonchev–Trinajstić information content (AvgIpc) is 2.77. The molecule has 3 aromatic rings. The summed E-state index contributed by atoms with van der Waals surface area (Å²) in [6.07, 6.45) is 0. The van der Waals surface area contributed by atoms with E-state index >= 15 is 0 Å². The zero-order valence-corrected chi connectivity index (χ0v) is 15.9. The third kappa shape index (κ3) is 5.04. The van der Waals surface area contributed by atoms with Crippen LogP contribution in [0, 0.1) is 0 Å². The molecular weight excluding hydrogens is 354 g/mol. The van der Waals surface area contributed by atoms with Crippen molar-refractivity contribution in [2.24, 2.45) is 0 Å². The van der Waals surface area contributed by atoms with Gasteiger partial charge >= 0.3 is 0 Å². The fraction of sp³-hybridized carbons (Fsp3) is 0.174. The minimum Gasteiger partial charge on any atom is -0.496 e. The number of ether oxygens (including phenoxy) is 3. The minimum atomic E-state index is -0.252. The zero-order valence-electron chi connectivity index (χ0n) is 15.9. The van der Waals surface area contributed by atoms with Gasteiger partial charge < -0.3 is 19.5 Å². The SMILES string of the molecule is COc1cc(OC)cc(OCC(=O)NC(c2ccccc2)c2ccccc2)c1. The zero-order chi connectivity index (χ0) is 19.8. The van der Waals surface area contributed by atoms with E-state index in [0.29, 0.717) is 17.2 Å². The summed E-state index contributed by atoms with van der Waals surface area (Å²) in [5.74, 6) is 1.48. The van der Waals surface area contributed by atoms with E-state index in [0.717, 1.165) is 11.1 Å². The molecule has 0 fully saturated rings. The molecule has 0 aliphatic carbocycles. The quantitative estimate of drug-likeness (QED) is 0.645. The van der Waals surface area contributed by atoms with Gasteiger partial charge in [-0.2, -0.15) is 0 Å². The second-order valence-corrected chi connectivity index (χ2v) is 6.16. The predicted molar refractivity (Wildman–Crippen MR) is 108 cm³/mol. The van der Waals surface area contributed by atoms with E-state index in [1.165, 1.54) is 0 Å². The van der Waals surface area contributed by atoms with Crippen molar-refractivity contribution in [2.75, 3.05) is 20.8 Å². The second-order valence-electron chi connectivity index (χ2n) is 6.16. The molecule has 5 heteroatoms. The number of nitrogens with one attached hydrogen (secondary N) is 1. The lowest BCUT2D eigenvalue weighted by Crippen LogP contribution is -2.33. The van der Waals surface area contributed by atoms with Crippen LogP contribution in [0.2, 0.25) is 0 Å². The van der Waals surface area contributed by atoms with Gasteiger partial charge in [-0.3, -0.25) is 4.79 Å². The first-order valence-corrected chi connectivity index (χ1v) is 8.94. The Labute approximate surface area is 164 Å². The van der Waals surface area contributed by atoms with Crippen molar-refractivity contribution in [3.63, 3.8) is 0 Å². The van der Waals surface area contributed by atoms with Crippen molar-refractivity contribution < 1.29 is 19.0 Å². The lowest BCUT2D eigenvalue weighted by molar-refractivity contribution is -0.123. The molecule has 3 aromatic carbocycles. The molecule has 0 aromatic heterocycles. The molecule has 0 saturated heterocycles. The molecule has 0 aliphatic heterocycles. The van der Waals surface area contributed by atoms with Gasteiger partial charge in [0.25, 0.3) is 5.91 Å². The number of rotatable bonds is 8. The van der Waals surface area contributed by atoms with Gasteiger partial charge in [-0.05, 0) is 11.1 Å². The molecule has 0 atom stereocenters. The van der Waals surface area contributed by atoms with Gasteiger partial charge in [0.1, 0.15) is 17.2 Å². The molecule has 0 heterocycles. The number of benzene rings is 3. The molecule has 0 radical (unpaired) electrons. The molecule has 0 aliphatic rings. The third-order valence-corrected chi connectivity index (χ3v) is 4.27. The highest BCUT2D eigenvalue weighted by Gasteiger charge is 2.17. The molecule has 144 valence electrons. The highest BCUT2D eigenvalue weighted by Crippen LogP contribution is 2.27. The molecule has 0 spiro atoms. The van der Waals surface area contributed by atoms with Crippen molar-refractivity contribution >= 4 is 5.91 Å². The Morgan fingerprint density at radius 2 is 1.25 bits per heavy atom. The summed E-state index contributed by atoms with van der Waals surface area (Å²) in [5, 5.41) is 3.05. The van der Waals surface area contributed by atoms with Crippen LogP contribution in [0.1, 0.15) is 17.2 Å². The summed E-state index contributed by atoms with van der Waals surface area (Å²) in [6.45, 7) is -0.119. The topological polar surface area (TPSA) is 56.8 Å². The largest absolute Gasteiger partial charge is 0.496 e. The number of carbonyl (C=O) groups is 1. The summed E-state index contributed by atoms with van der Waals surface area (Å²) in [5.41, 5.74) is 2.01. The monoisotopic (exact) mass is 377 g/mol. The smallest absolute Gasteiger partial charge is 0.258 e. The first kappa shape index (κ1) is 19.3. The highest BCUT2D eigenvalue weighted by molar-refractivity contribution is 5.78.